The summed E-state index contributed by atoms with van der Waals surface area (Å²) in [5.74, 6) is 0.299. The van der Waals surface area contributed by atoms with E-state index in [0.717, 1.165) is 76.7 Å². The zero-order valence-corrected chi connectivity index (χ0v) is 34.7. The Kier molecular flexibility index (Phi) is 8.49. The molecule has 5 heteroatoms. The minimum Gasteiger partial charge on any atom is -0.455 e. The second-order valence-corrected chi connectivity index (χ2v) is 24.5. The zero-order valence-electron chi connectivity index (χ0n) is 33.7. The van der Waals surface area contributed by atoms with Crippen LogP contribution in [0.15, 0.2) is 90.3 Å². The molecule has 53 heavy (non-hydrogen) atoms. The van der Waals surface area contributed by atoms with Crippen molar-refractivity contribution in [1.82, 2.24) is 4.98 Å². The first-order valence-electron chi connectivity index (χ1n) is 19.7. The van der Waals surface area contributed by atoms with E-state index in [4.69, 9.17) is 16.0 Å². The Labute approximate surface area is 317 Å². The second kappa shape index (κ2) is 12.6. The maximum atomic E-state index is 6.80. The van der Waals surface area contributed by atoms with Gasteiger partial charge < -0.3 is 4.42 Å². The molecule has 0 spiro atoms. The fraction of sp³-hybridized carbons (Fsp3) is 0.396. The van der Waals surface area contributed by atoms with Crippen molar-refractivity contribution in [1.29, 1.82) is 0 Å². The van der Waals surface area contributed by atoms with E-state index in [-0.39, 0.29) is 16.9 Å². The van der Waals surface area contributed by atoms with Gasteiger partial charge in [0.05, 0.1) is 20.2 Å². The lowest BCUT2D eigenvalue weighted by Gasteiger charge is -2.33. The summed E-state index contributed by atoms with van der Waals surface area (Å²) in [6, 6.07) is 22.8. The normalized spacial score (nSPS) is 17.6. The Morgan fingerprint density at radius 1 is 0.849 bits per heavy atom. The summed E-state index contributed by atoms with van der Waals surface area (Å²) in [5.41, 5.74) is 14.9. The lowest BCUT2D eigenvalue weighted by molar-refractivity contribution is -0.719. The van der Waals surface area contributed by atoms with Gasteiger partial charge in [0, 0.05) is 51.3 Å². The highest BCUT2D eigenvalue weighted by Crippen LogP contribution is 2.46. The lowest BCUT2D eigenvalue weighted by atomic mass is 9.77. The summed E-state index contributed by atoms with van der Waals surface area (Å²) in [5, 5.41) is 3.76. The molecule has 6 heterocycles. The average molecular weight is 720 g/mol. The van der Waals surface area contributed by atoms with Gasteiger partial charge in [-0.1, -0.05) is 97.6 Å². The molecule has 2 atom stereocenters. The maximum absolute atomic E-state index is 6.80. The molecule has 0 fully saturated rings. The van der Waals surface area contributed by atoms with E-state index in [0.29, 0.717) is 5.92 Å². The molecule has 4 aromatic heterocycles. The van der Waals surface area contributed by atoms with Crippen molar-refractivity contribution in [2.24, 2.45) is 10.8 Å². The number of nitrogens with zero attached hydrogens (tertiary/aromatic N) is 3. The van der Waals surface area contributed by atoms with Crippen LogP contribution < -0.4 is 14.3 Å². The molecule has 0 saturated heterocycles. The van der Waals surface area contributed by atoms with Crippen LogP contribution in [0.1, 0.15) is 94.3 Å². The van der Waals surface area contributed by atoms with Crippen LogP contribution in [0.3, 0.4) is 0 Å². The number of pyridine rings is 3. The number of fused-ring (bicyclic) bond motifs is 13. The monoisotopic (exact) mass is 719 g/mol. The van der Waals surface area contributed by atoms with Gasteiger partial charge in [-0.2, -0.15) is 9.13 Å². The number of allylic oxidation sites excluding steroid dienone is 1. The number of aromatic nitrogens is 3. The quantitative estimate of drug-likeness (QED) is 0.135. The van der Waals surface area contributed by atoms with Crippen molar-refractivity contribution >= 4 is 40.9 Å². The first-order valence-corrected chi connectivity index (χ1v) is 23.2. The van der Waals surface area contributed by atoms with Gasteiger partial charge in [0.1, 0.15) is 11.1 Å². The van der Waals surface area contributed by atoms with Crippen molar-refractivity contribution in [2.45, 2.75) is 112 Å². The van der Waals surface area contributed by atoms with Gasteiger partial charge in [0.2, 0.25) is 11.4 Å². The third-order valence-corrected chi connectivity index (χ3v) is 13.6. The van der Waals surface area contributed by atoms with Gasteiger partial charge >= 0.3 is 0 Å². The van der Waals surface area contributed by atoms with Crippen LogP contribution >= 0.6 is 0 Å². The Bertz CT molecular complexity index is 2430. The predicted molar refractivity (Wildman–Crippen MR) is 223 cm³/mol. The van der Waals surface area contributed by atoms with Crippen LogP contribution in [-0.4, -0.2) is 13.1 Å². The molecule has 6 aromatic rings. The highest BCUT2D eigenvalue weighted by Gasteiger charge is 2.44. The van der Waals surface area contributed by atoms with Crippen LogP contribution in [0.2, 0.25) is 19.6 Å². The Hall–Kier alpha value is -4.35. The van der Waals surface area contributed by atoms with Gasteiger partial charge in [-0.05, 0) is 78.8 Å². The third kappa shape index (κ3) is 6.49. The molecule has 0 amide bonds. The Morgan fingerprint density at radius 2 is 1.53 bits per heavy atom. The van der Waals surface area contributed by atoms with E-state index >= 15 is 0 Å². The summed E-state index contributed by atoms with van der Waals surface area (Å²) in [7, 11) is -1.69. The van der Waals surface area contributed by atoms with E-state index < -0.39 is 8.07 Å². The summed E-state index contributed by atoms with van der Waals surface area (Å²) >= 11 is 0. The molecule has 0 N–H and O–H groups in total. The molecule has 0 radical (unpaired) electrons. The van der Waals surface area contributed by atoms with E-state index in [2.05, 4.69) is 156 Å². The van der Waals surface area contributed by atoms with E-state index in [1.807, 2.05) is 0 Å². The minimum absolute atomic E-state index is 0.145. The summed E-state index contributed by atoms with van der Waals surface area (Å²) < 4.78 is 11.9. The molecule has 8 rings (SSSR count). The van der Waals surface area contributed by atoms with Crippen molar-refractivity contribution in [3.8, 4) is 22.5 Å². The first-order chi connectivity index (χ1) is 25.0. The molecule has 0 aliphatic carbocycles. The molecule has 0 bridgehead atoms. The Morgan fingerprint density at radius 3 is 2.26 bits per heavy atom. The van der Waals surface area contributed by atoms with Crippen LogP contribution in [0.25, 0.3) is 50.2 Å². The van der Waals surface area contributed by atoms with Crippen molar-refractivity contribution in [3.63, 3.8) is 0 Å². The second-order valence-electron chi connectivity index (χ2n) is 19.5. The molecule has 2 unspecified atom stereocenters. The highest BCUT2D eigenvalue weighted by atomic mass is 28.3. The first kappa shape index (κ1) is 35.7. The van der Waals surface area contributed by atoms with Crippen LogP contribution in [-0.2, 0) is 19.3 Å². The smallest absolute Gasteiger partial charge is 0.224 e. The zero-order chi connectivity index (χ0) is 37.6. The minimum atomic E-state index is -1.69. The number of para-hydroxylation sites is 1. The largest absolute Gasteiger partial charge is 0.455 e. The molecular weight excluding hydrogens is 663 g/mol. The number of furan rings is 1. The van der Waals surface area contributed by atoms with Crippen molar-refractivity contribution in [2.75, 3.05) is 0 Å². The van der Waals surface area contributed by atoms with Crippen LogP contribution in [0.4, 0.5) is 0 Å². The number of rotatable bonds is 3. The molecule has 4 nitrogen and oxygen atoms in total. The van der Waals surface area contributed by atoms with Crippen molar-refractivity contribution < 1.29 is 13.6 Å². The van der Waals surface area contributed by atoms with Gasteiger partial charge in [-0.15, -0.1) is 0 Å². The standard InChI is InChI=1S/C48H57N3OSi/c1-30-28-50-31(2)22-40-36(34-16-12-13-17-35(34)41-24-33(26-48(6,7)8)44(29-51(40)41)53(9,10)11)20-21-39-45(42(50)23-32(30)25-47(3,4)5)46-38(27-49-39)37-18-14-15-19-43(37)52-46/h12-19,23-24,27-29,36,40H,2,20-22,25-26H2,1,3-11H3/q+2. The van der Waals surface area contributed by atoms with Crippen LogP contribution in [0.5, 0.6) is 0 Å². The summed E-state index contributed by atoms with van der Waals surface area (Å²) in [6.45, 7) is 28.8. The van der Waals surface area contributed by atoms with Crippen molar-refractivity contribution in [3.05, 3.63) is 114 Å². The van der Waals surface area contributed by atoms with Gasteiger partial charge in [0.15, 0.2) is 29.7 Å². The third-order valence-electron chi connectivity index (χ3n) is 11.5. The SMILES string of the molecule is C=C1CC2C(CCc3ncc4c(oc5ccccc54)c3-c3cc(CC(C)(C)C)c(C)c[n+]31)c1ccccc1-c1cc(CC(C)(C)C)c([Si](C)(C)C)c[n+]12. The predicted octanol–water partition coefficient (Wildman–Crippen LogP) is 11.1. The topological polar surface area (TPSA) is 33.8 Å². The molecule has 2 aromatic carbocycles. The fourth-order valence-electron chi connectivity index (χ4n) is 9.25. The summed E-state index contributed by atoms with van der Waals surface area (Å²) in [6.07, 6.45) is 11.7. The van der Waals surface area contributed by atoms with Gasteiger partial charge in [-0.3, -0.25) is 4.98 Å². The van der Waals surface area contributed by atoms with Crippen LogP contribution in [0, 0.1) is 17.8 Å². The fourth-order valence-corrected chi connectivity index (χ4v) is 10.9. The lowest BCUT2D eigenvalue weighted by Crippen LogP contribution is -2.54. The Balaban J connectivity index is 1.38. The van der Waals surface area contributed by atoms with Gasteiger partial charge in [0.25, 0.3) is 0 Å². The number of aryl methyl sites for hydroxylation is 2. The van der Waals surface area contributed by atoms with Gasteiger partial charge in [-0.25, -0.2) is 0 Å². The number of hydrogen-bond donors (Lipinski definition) is 0. The molecule has 2 aliphatic heterocycles. The van der Waals surface area contributed by atoms with E-state index in [9.17, 15) is 0 Å². The molecule has 2 aliphatic rings. The summed E-state index contributed by atoms with van der Waals surface area (Å²) in [4.78, 5) is 5.32. The van der Waals surface area contributed by atoms with E-state index in [1.165, 1.54) is 33.5 Å². The highest BCUT2D eigenvalue weighted by molar-refractivity contribution is 6.89. The number of benzene rings is 2. The molecule has 272 valence electrons. The average Bonchev–Trinajstić information content (AvgIpc) is 3.45. The van der Waals surface area contributed by atoms with E-state index in [1.54, 1.807) is 5.19 Å². The number of hydrogen-bond acceptors (Lipinski definition) is 2. The molecular formula is C48H57N3OSi+2. The maximum Gasteiger partial charge on any atom is 0.224 e. The molecule has 0 saturated carbocycles.